The molecule has 0 unspecified atom stereocenters. The predicted octanol–water partition coefficient (Wildman–Crippen LogP) is 2.47. The smallest absolute Gasteiger partial charge is 0.181 e. The van der Waals surface area contributed by atoms with Crippen molar-refractivity contribution in [3.05, 3.63) is 30.2 Å². The second kappa shape index (κ2) is 5.72. The summed E-state index contributed by atoms with van der Waals surface area (Å²) in [6.07, 6.45) is 5.59. The molecule has 0 aliphatic heterocycles. The summed E-state index contributed by atoms with van der Waals surface area (Å²) in [6, 6.07) is 6.12. The molecule has 2 aromatic rings. The Kier molecular flexibility index (Phi) is 3.80. The van der Waals surface area contributed by atoms with Crippen LogP contribution in [0, 0.1) is 5.92 Å². The zero-order valence-corrected chi connectivity index (χ0v) is 11.0. The van der Waals surface area contributed by atoms with Crippen LogP contribution >= 0.6 is 0 Å². The third kappa shape index (κ3) is 3.14. The van der Waals surface area contributed by atoms with E-state index in [1.165, 1.54) is 12.0 Å². The van der Waals surface area contributed by atoms with E-state index >= 15 is 0 Å². The number of aromatic nitrogens is 1. The van der Waals surface area contributed by atoms with Gasteiger partial charge in [-0.3, -0.25) is 0 Å². The SMILES string of the molecule is OC1CCC(CNCc2ccc3ncoc3c2)CC1. The number of nitrogens with one attached hydrogen (secondary N) is 1. The van der Waals surface area contributed by atoms with Crippen LogP contribution in [0.25, 0.3) is 11.1 Å². The lowest BCUT2D eigenvalue weighted by Gasteiger charge is -2.25. The Labute approximate surface area is 112 Å². The lowest BCUT2D eigenvalue weighted by Crippen LogP contribution is -2.27. The van der Waals surface area contributed by atoms with Crippen LogP contribution in [0.5, 0.6) is 0 Å². The fourth-order valence-corrected chi connectivity index (χ4v) is 2.78. The summed E-state index contributed by atoms with van der Waals surface area (Å²) in [4.78, 5) is 4.11. The molecule has 4 nitrogen and oxygen atoms in total. The van der Waals surface area contributed by atoms with E-state index in [1.54, 1.807) is 0 Å². The molecule has 0 atom stereocenters. The lowest BCUT2D eigenvalue weighted by atomic mass is 9.87. The molecule has 2 N–H and O–H groups in total. The van der Waals surface area contributed by atoms with Crippen LogP contribution in [0.3, 0.4) is 0 Å². The molecule has 0 spiro atoms. The molecular weight excluding hydrogens is 240 g/mol. The molecule has 0 radical (unpaired) electrons. The Morgan fingerprint density at radius 2 is 2.11 bits per heavy atom. The lowest BCUT2D eigenvalue weighted by molar-refractivity contribution is 0.108. The van der Waals surface area contributed by atoms with Crippen LogP contribution in [0.15, 0.2) is 29.0 Å². The van der Waals surface area contributed by atoms with Gasteiger partial charge in [-0.15, -0.1) is 0 Å². The molecule has 102 valence electrons. The summed E-state index contributed by atoms with van der Waals surface area (Å²) in [5.74, 6) is 0.706. The van der Waals surface area contributed by atoms with Crippen LogP contribution in [0.2, 0.25) is 0 Å². The van der Waals surface area contributed by atoms with Gasteiger partial charge in [-0.2, -0.15) is 0 Å². The van der Waals surface area contributed by atoms with Gasteiger partial charge in [0.2, 0.25) is 0 Å². The zero-order chi connectivity index (χ0) is 13.1. The molecule has 1 aromatic carbocycles. The van der Waals surface area contributed by atoms with Crippen LogP contribution in [-0.2, 0) is 6.54 Å². The third-order valence-corrected chi connectivity index (χ3v) is 3.97. The van der Waals surface area contributed by atoms with Crippen LogP contribution in [0.4, 0.5) is 0 Å². The van der Waals surface area contributed by atoms with E-state index in [4.69, 9.17) is 4.42 Å². The maximum atomic E-state index is 9.47. The number of aliphatic hydroxyl groups excluding tert-OH is 1. The van der Waals surface area contributed by atoms with Gasteiger partial charge in [0.15, 0.2) is 12.0 Å². The predicted molar refractivity (Wildman–Crippen MR) is 73.7 cm³/mol. The van der Waals surface area contributed by atoms with E-state index in [0.717, 1.165) is 49.9 Å². The number of fused-ring (bicyclic) bond motifs is 1. The zero-order valence-electron chi connectivity index (χ0n) is 11.0. The summed E-state index contributed by atoms with van der Waals surface area (Å²) >= 11 is 0. The molecule has 0 bridgehead atoms. The fraction of sp³-hybridized carbons (Fsp3) is 0.533. The van der Waals surface area contributed by atoms with Crippen molar-refractivity contribution in [2.45, 2.75) is 38.3 Å². The summed E-state index contributed by atoms with van der Waals surface area (Å²) in [6.45, 7) is 1.89. The fourth-order valence-electron chi connectivity index (χ4n) is 2.78. The van der Waals surface area contributed by atoms with Gasteiger partial charge in [0, 0.05) is 6.54 Å². The number of aliphatic hydroxyl groups is 1. The first kappa shape index (κ1) is 12.6. The number of benzene rings is 1. The minimum Gasteiger partial charge on any atom is -0.443 e. The summed E-state index contributed by atoms with van der Waals surface area (Å²) in [5.41, 5.74) is 2.98. The van der Waals surface area contributed by atoms with Gasteiger partial charge in [0.25, 0.3) is 0 Å². The van der Waals surface area contributed by atoms with Crippen molar-refractivity contribution in [3.8, 4) is 0 Å². The van der Waals surface area contributed by atoms with E-state index in [0.29, 0.717) is 5.92 Å². The maximum Gasteiger partial charge on any atom is 0.181 e. The summed E-state index contributed by atoms with van der Waals surface area (Å²) < 4.78 is 5.30. The minimum absolute atomic E-state index is 0.0647. The highest BCUT2D eigenvalue weighted by Crippen LogP contribution is 2.23. The molecule has 19 heavy (non-hydrogen) atoms. The van der Waals surface area contributed by atoms with Crippen LogP contribution in [-0.4, -0.2) is 22.7 Å². The van der Waals surface area contributed by atoms with Gasteiger partial charge in [0.05, 0.1) is 6.10 Å². The highest BCUT2D eigenvalue weighted by atomic mass is 16.3. The minimum atomic E-state index is -0.0647. The first-order valence-corrected chi connectivity index (χ1v) is 7.02. The van der Waals surface area contributed by atoms with Gasteiger partial charge < -0.3 is 14.8 Å². The molecule has 1 aromatic heterocycles. The average molecular weight is 260 g/mol. The number of oxazole rings is 1. The van der Waals surface area contributed by atoms with Crippen molar-refractivity contribution in [1.29, 1.82) is 0 Å². The number of hydrogen-bond donors (Lipinski definition) is 2. The average Bonchev–Trinajstić information content (AvgIpc) is 2.88. The van der Waals surface area contributed by atoms with Crippen molar-refractivity contribution in [2.75, 3.05) is 6.54 Å². The molecule has 1 heterocycles. The standard InChI is InChI=1S/C15H20N2O2/c18-13-4-1-11(2-5-13)8-16-9-12-3-6-14-15(7-12)19-10-17-14/h3,6-7,10-11,13,16,18H,1-2,4-5,8-9H2. The molecule has 3 rings (SSSR count). The van der Waals surface area contributed by atoms with Crippen LogP contribution < -0.4 is 5.32 Å². The topological polar surface area (TPSA) is 58.3 Å². The van der Waals surface area contributed by atoms with Crippen molar-refractivity contribution in [3.63, 3.8) is 0 Å². The highest BCUT2D eigenvalue weighted by Gasteiger charge is 2.18. The monoisotopic (exact) mass is 260 g/mol. The Balaban J connectivity index is 1.49. The van der Waals surface area contributed by atoms with E-state index in [-0.39, 0.29) is 6.10 Å². The second-order valence-electron chi connectivity index (χ2n) is 5.46. The molecule has 1 aliphatic rings. The number of nitrogens with zero attached hydrogens (tertiary/aromatic N) is 1. The molecular formula is C15H20N2O2. The number of hydrogen-bond acceptors (Lipinski definition) is 4. The van der Waals surface area contributed by atoms with Gasteiger partial charge in [0.1, 0.15) is 5.52 Å². The van der Waals surface area contributed by atoms with Crippen molar-refractivity contribution in [1.82, 2.24) is 10.3 Å². The van der Waals surface area contributed by atoms with E-state index < -0.39 is 0 Å². The van der Waals surface area contributed by atoms with Gasteiger partial charge in [-0.05, 0) is 55.8 Å². The summed E-state index contributed by atoms with van der Waals surface area (Å²) in [5, 5.41) is 13.0. The van der Waals surface area contributed by atoms with E-state index in [1.807, 2.05) is 12.1 Å². The molecule has 0 amide bonds. The molecule has 1 saturated carbocycles. The van der Waals surface area contributed by atoms with E-state index in [2.05, 4.69) is 16.4 Å². The summed E-state index contributed by atoms with van der Waals surface area (Å²) in [7, 11) is 0. The molecule has 4 heteroatoms. The van der Waals surface area contributed by atoms with Gasteiger partial charge >= 0.3 is 0 Å². The van der Waals surface area contributed by atoms with E-state index in [9.17, 15) is 5.11 Å². The van der Waals surface area contributed by atoms with Crippen molar-refractivity contribution < 1.29 is 9.52 Å². The number of rotatable bonds is 4. The maximum absolute atomic E-state index is 9.47. The Bertz CT molecular complexity index is 530. The third-order valence-electron chi connectivity index (χ3n) is 3.97. The van der Waals surface area contributed by atoms with Crippen molar-refractivity contribution >= 4 is 11.1 Å². The Hall–Kier alpha value is -1.39. The molecule has 0 saturated heterocycles. The largest absolute Gasteiger partial charge is 0.443 e. The molecule has 1 fully saturated rings. The molecule has 1 aliphatic carbocycles. The second-order valence-corrected chi connectivity index (χ2v) is 5.46. The van der Waals surface area contributed by atoms with Gasteiger partial charge in [-0.1, -0.05) is 6.07 Å². The van der Waals surface area contributed by atoms with Crippen LogP contribution in [0.1, 0.15) is 31.2 Å². The quantitative estimate of drug-likeness (QED) is 0.886. The van der Waals surface area contributed by atoms with Gasteiger partial charge in [-0.25, -0.2) is 4.98 Å². The Morgan fingerprint density at radius 3 is 2.95 bits per heavy atom. The first-order chi connectivity index (χ1) is 9.31. The van der Waals surface area contributed by atoms with Crippen molar-refractivity contribution in [2.24, 2.45) is 5.92 Å². The Morgan fingerprint density at radius 1 is 1.26 bits per heavy atom. The first-order valence-electron chi connectivity index (χ1n) is 7.02. The normalized spacial score (nSPS) is 23.8. The highest BCUT2D eigenvalue weighted by molar-refractivity contribution is 5.72.